The van der Waals surface area contributed by atoms with E-state index in [-0.39, 0.29) is 34.7 Å². The molecule has 10 heteroatoms. The molecule has 160 valence electrons. The van der Waals surface area contributed by atoms with Gasteiger partial charge >= 0.3 is 6.03 Å². The zero-order valence-corrected chi connectivity index (χ0v) is 18.3. The Balaban J connectivity index is 1.31. The number of aromatic hydroxyl groups is 1. The fraction of sp³-hybridized carbons (Fsp3) is 0.350. The van der Waals surface area contributed by atoms with Crippen LogP contribution >= 0.6 is 23.2 Å². The maximum atomic E-state index is 12.7. The van der Waals surface area contributed by atoms with Gasteiger partial charge in [-0.25, -0.2) is 13.2 Å². The van der Waals surface area contributed by atoms with Gasteiger partial charge in [0.1, 0.15) is 5.75 Å². The summed E-state index contributed by atoms with van der Waals surface area (Å²) in [5.74, 6) is 0.0168. The lowest BCUT2D eigenvalue weighted by Gasteiger charge is -2.59. The van der Waals surface area contributed by atoms with Gasteiger partial charge in [0.05, 0.1) is 4.90 Å². The van der Waals surface area contributed by atoms with Crippen LogP contribution in [0, 0.1) is 5.41 Å². The quantitative estimate of drug-likeness (QED) is 0.624. The summed E-state index contributed by atoms with van der Waals surface area (Å²) in [5.41, 5.74) is 0.536. The highest BCUT2D eigenvalue weighted by molar-refractivity contribution is 7.89. The molecule has 0 aromatic heterocycles. The van der Waals surface area contributed by atoms with Crippen molar-refractivity contribution in [2.24, 2.45) is 5.41 Å². The minimum absolute atomic E-state index is 0.0168. The number of urea groups is 1. The molecular weight excluding hydrogens is 449 g/mol. The van der Waals surface area contributed by atoms with Crippen molar-refractivity contribution in [1.82, 2.24) is 14.9 Å². The maximum Gasteiger partial charge on any atom is 0.315 e. The van der Waals surface area contributed by atoms with E-state index in [2.05, 4.69) is 10.6 Å². The number of rotatable bonds is 5. The standard InChI is InChI=1S/C20H21Cl2N3O4S/c21-14-2-1-13(17(22)9-14)10-23-19(27)24-18-7-8-20(18)11-25(12-20)30(28,29)16-5-3-15(26)4-6-16/h1-6,9,18,26H,7-8,10-12H2,(H2,23,24,27). The molecule has 30 heavy (non-hydrogen) atoms. The van der Waals surface area contributed by atoms with Crippen LogP contribution in [0.2, 0.25) is 10.0 Å². The Hall–Kier alpha value is -2.00. The lowest BCUT2D eigenvalue weighted by molar-refractivity contribution is -0.0418. The molecule has 1 atom stereocenters. The number of halogens is 2. The van der Waals surface area contributed by atoms with E-state index in [1.165, 1.54) is 28.6 Å². The molecule has 1 saturated carbocycles. The van der Waals surface area contributed by atoms with Crippen LogP contribution in [0.3, 0.4) is 0 Å². The summed E-state index contributed by atoms with van der Waals surface area (Å²) in [4.78, 5) is 12.5. The average Bonchev–Trinajstić information content (AvgIpc) is 2.64. The van der Waals surface area contributed by atoms with E-state index >= 15 is 0 Å². The molecule has 0 radical (unpaired) electrons. The van der Waals surface area contributed by atoms with Crippen molar-refractivity contribution >= 4 is 39.3 Å². The molecule has 1 spiro atoms. The normalized spacial score (nSPS) is 20.3. The SMILES string of the molecule is O=C(NCc1ccc(Cl)cc1Cl)NC1CCC12CN(S(=O)(=O)c1ccc(O)cc1)C2. The van der Waals surface area contributed by atoms with Gasteiger partial charge in [-0.2, -0.15) is 4.31 Å². The monoisotopic (exact) mass is 469 g/mol. The van der Waals surface area contributed by atoms with Crippen molar-refractivity contribution in [3.05, 3.63) is 58.1 Å². The van der Waals surface area contributed by atoms with E-state index in [4.69, 9.17) is 23.2 Å². The topological polar surface area (TPSA) is 98.7 Å². The van der Waals surface area contributed by atoms with E-state index in [1.54, 1.807) is 18.2 Å². The van der Waals surface area contributed by atoms with Crippen LogP contribution in [0.5, 0.6) is 5.75 Å². The molecule has 0 bridgehead atoms. The zero-order chi connectivity index (χ0) is 21.5. The summed E-state index contributed by atoms with van der Waals surface area (Å²) in [6, 6.07) is 10.2. The third-order valence-corrected chi connectivity index (χ3v) is 8.28. The molecule has 2 aliphatic rings. The number of hydrogen-bond acceptors (Lipinski definition) is 4. The van der Waals surface area contributed by atoms with Gasteiger partial charge in [0.2, 0.25) is 10.0 Å². The summed E-state index contributed by atoms with van der Waals surface area (Å²) in [7, 11) is -3.60. The van der Waals surface area contributed by atoms with E-state index in [1.807, 2.05) is 0 Å². The number of phenolic OH excluding ortho intramolecular Hbond substituents is 1. The molecule has 7 nitrogen and oxygen atoms in total. The average molecular weight is 470 g/mol. The van der Waals surface area contributed by atoms with Crippen LogP contribution in [-0.2, 0) is 16.6 Å². The molecule has 1 heterocycles. The molecule has 3 N–H and O–H groups in total. The largest absolute Gasteiger partial charge is 0.508 e. The van der Waals surface area contributed by atoms with Gasteiger partial charge in [0, 0.05) is 41.1 Å². The Labute approximate surface area is 185 Å². The minimum atomic E-state index is -3.60. The second kappa shape index (κ2) is 7.92. The van der Waals surface area contributed by atoms with E-state index in [0.717, 1.165) is 18.4 Å². The van der Waals surface area contributed by atoms with Crippen molar-refractivity contribution in [3.8, 4) is 5.75 Å². The first-order valence-electron chi connectivity index (χ1n) is 9.47. The Morgan fingerprint density at radius 3 is 2.47 bits per heavy atom. The molecule has 2 amide bonds. The predicted molar refractivity (Wildman–Crippen MR) is 114 cm³/mol. The Bertz CT molecular complexity index is 1070. The molecule has 4 rings (SSSR count). The lowest BCUT2D eigenvalue weighted by Crippen LogP contribution is -2.71. The molecule has 1 unspecified atom stereocenters. The molecule has 1 aliphatic heterocycles. The van der Waals surface area contributed by atoms with Gasteiger partial charge < -0.3 is 15.7 Å². The second-order valence-corrected chi connectivity index (χ2v) is 10.6. The predicted octanol–water partition coefficient (Wildman–Crippen LogP) is 3.35. The van der Waals surface area contributed by atoms with Gasteiger partial charge in [-0.1, -0.05) is 29.3 Å². The third kappa shape index (κ3) is 3.97. The van der Waals surface area contributed by atoms with Crippen LogP contribution in [0.1, 0.15) is 18.4 Å². The second-order valence-electron chi connectivity index (χ2n) is 7.78. The van der Waals surface area contributed by atoms with Crippen LogP contribution in [0.25, 0.3) is 0 Å². The van der Waals surface area contributed by atoms with Crippen molar-refractivity contribution < 1.29 is 18.3 Å². The minimum Gasteiger partial charge on any atom is -0.508 e. The highest BCUT2D eigenvalue weighted by Crippen LogP contribution is 2.50. The number of amides is 2. The molecule has 2 fully saturated rings. The van der Waals surface area contributed by atoms with E-state index in [9.17, 15) is 18.3 Å². The van der Waals surface area contributed by atoms with Crippen LogP contribution < -0.4 is 10.6 Å². The fourth-order valence-corrected chi connectivity index (χ4v) is 6.05. The number of hydrogen-bond donors (Lipinski definition) is 3. The summed E-state index contributed by atoms with van der Waals surface area (Å²) >= 11 is 12.0. The zero-order valence-electron chi connectivity index (χ0n) is 15.9. The first-order valence-corrected chi connectivity index (χ1v) is 11.7. The van der Waals surface area contributed by atoms with Crippen LogP contribution in [0.15, 0.2) is 47.4 Å². The van der Waals surface area contributed by atoms with Crippen LogP contribution in [0.4, 0.5) is 4.79 Å². The summed E-state index contributed by atoms with van der Waals surface area (Å²) in [6.45, 7) is 0.997. The number of nitrogens with one attached hydrogen (secondary N) is 2. The highest BCUT2D eigenvalue weighted by Gasteiger charge is 2.58. The van der Waals surface area contributed by atoms with Gasteiger partial charge in [-0.15, -0.1) is 0 Å². The Morgan fingerprint density at radius 1 is 1.17 bits per heavy atom. The van der Waals surface area contributed by atoms with Gasteiger partial charge in [0.25, 0.3) is 0 Å². The molecule has 1 aliphatic carbocycles. The summed E-state index contributed by atoms with van der Waals surface area (Å²) in [5, 5.41) is 16.1. The number of carbonyl (C=O) groups excluding carboxylic acids is 1. The Morgan fingerprint density at radius 2 is 1.87 bits per heavy atom. The summed E-state index contributed by atoms with van der Waals surface area (Å²) < 4.78 is 26.9. The number of sulfonamides is 1. The first-order chi connectivity index (χ1) is 14.2. The van der Waals surface area contributed by atoms with E-state index in [0.29, 0.717) is 23.1 Å². The van der Waals surface area contributed by atoms with Crippen molar-refractivity contribution in [2.45, 2.75) is 30.3 Å². The van der Waals surface area contributed by atoms with Crippen molar-refractivity contribution in [1.29, 1.82) is 0 Å². The molecular formula is C20H21Cl2N3O4S. The molecule has 2 aromatic carbocycles. The summed E-state index contributed by atoms with van der Waals surface area (Å²) in [6.07, 6.45) is 1.67. The fourth-order valence-electron chi connectivity index (χ4n) is 3.94. The molecule has 1 saturated heterocycles. The van der Waals surface area contributed by atoms with Crippen molar-refractivity contribution in [2.75, 3.05) is 13.1 Å². The number of carbonyl (C=O) groups is 1. The smallest absolute Gasteiger partial charge is 0.315 e. The van der Waals surface area contributed by atoms with Crippen molar-refractivity contribution in [3.63, 3.8) is 0 Å². The van der Waals surface area contributed by atoms with Gasteiger partial charge in [0.15, 0.2) is 0 Å². The van der Waals surface area contributed by atoms with Gasteiger partial charge in [-0.05, 0) is 54.8 Å². The lowest BCUT2D eigenvalue weighted by atomic mass is 9.60. The van der Waals surface area contributed by atoms with Gasteiger partial charge in [-0.3, -0.25) is 0 Å². The molecule has 2 aromatic rings. The maximum absolute atomic E-state index is 12.7. The number of phenols is 1. The van der Waals surface area contributed by atoms with Crippen LogP contribution in [-0.4, -0.2) is 43.0 Å². The first kappa shape index (κ1) is 21.2. The number of nitrogens with zero attached hydrogens (tertiary/aromatic N) is 1. The third-order valence-electron chi connectivity index (χ3n) is 5.89. The number of benzene rings is 2. The highest BCUT2D eigenvalue weighted by atomic mass is 35.5. The van der Waals surface area contributed by atoms with E-state index < -0.39 is 10.0 Å². The Kier molecular flexibility index (Phi) is 5.61.